The zero-order valence-electron chi connectivity index (χ0n) is 9.56. The van der Waals surface area contributed by atoms with Crippen molar-refractivity contribution in [3.05, 3.63) is 11.9 Å². The Labute approximate surface area is 112 Å². The van der Waals surface area contributed by atoms with Crippen LogP contribution in [0, 0.1) is 0 Å². The molecule has 1 aliphatic heterocycles. The Bertz CT molecular complexity index is 480. The lowest BCUT2D eigenvalue weighted by Gasteiger charge is -2.34. The molecular weight excluding hydrogens is 356 g/mol. The van der Waals surface area contributed by atoms with Gasteiger partial charge in [-0.05, 0) is 0 Å². The van der Waals surface area contributed by atoms with Gasteiger partial charge in [-0.25, -0.2) is 4.39 Å². The van der Waals surface area contributed by atoms with E-state index in [-0.39, 0.29) is 0 Å². The molecule has 2 atom stereocenters. The molecule has 0 N–H and O–H groups in total. The molecule has 0 aromatic carbocycles. The van der Waals surface area contributed by atoms with Crippen LogP contribution in [0.4, 0.5) is 52.7 Å². The van der Waals surface area contributed by atoms with E-state index in [4.69, 9.17) is 0 Å². The predicted octanol–water partition coefficient (Wildman–Crippen LogP) is 4.23. The maximum Gasteiger partial charge on any atom is 0.450 e. The van der Waals surface area contributed by atoms with Crippen LogP contribution in [0.5, 0.6) is 0 Å². The van der Waals surface area contributed by atoms with Crippen LogP contribution >= 0.6 is 0 Å². The first kappa shape index (κ1) is 18.9. The predicted molar refractivity (Wildman–Crippen MR) is 41.0 cm³/mol. The van der Waals surface area contributed by atoms with Crippen LogP contribution in [0.3, 0.4) is 0 Å². The van der Waals surface area contributed by atoms with E-state index in [1.165, 1.54) is 0 Å². The lowest BCUT2D eigenvalue weighted by Crippen LogP contribution is -2.61. The van der Waals surface area contributed by atoms with Crippen molar-refractivity contribution < 1.29 is 62.2 Å². The van der Waals surface area contributed by atoms with Gasteiger partial charge < -0.3 is 0 Å². The Morgan fingerprint density at radius 3 is 1.59 bits per heavy atom. The molecule has 2 unspecified atom stereocenters. The van der Waals surface area contributed by atoms with E-state index in [0.29, 0.717) is 0 Å². The fourth-order valence-corrected chi connectivity index (χ4v) is 1.35. The van der Waals surface area contributed by atoms with Crippen molar-refractivity contribution >= 4 is 0 Å². The number of hydrogen-bond acceptors (Lipinski definition) is 2. The Balaban J connectivity index is 3.62. The third-order valence-electron chi connectivity index (χ3n) is 2.41. The first-order valence-corrected chi connectivity index (χ1v) is 4.77. The van der Waals surface area contributed by atoms with Gasteiger partial charge in [-0.15, -0.1) is 0 Å². The number of rotatable bonds is 3. The second-order valence-corrected chi connectivity index (χ2v) is 3.85. The zero-order valence-corrected chi connectivity index (χ0v) is 9.56. The summed E-state index contributed by atoms with van der Waals surface area (Å²) in [7, 11) is 0. The normalized spacial score (nSPS) is 32.2. The molecule has 0 spiro atoms. The molecule has 0 aromatic heterocycles. The summed E-state index contributed by atoms with van der Waals surface area (Å²) in [6, 6.07) is 0. The average molecular weight is 358 g/mol. The molecule has 0 aliphatic carbocycles. The fourth-order valence-electron chi connectivity index (χ4n) is 1.35. The number of halogens is 12. The third kappa shape index (κ3) is 2.31. The monoisotopic (exact) mass is 358 g/mol. The van der Waals surface area contributed by atoms with E-state index >= 15 is 0 Å². The van der Waals surface area contributed by atoms with Crippen LogP contribution in [0.15, 0.2) is 11.9 Å². The van der Waals surface area contributed by atoms with E-state index in [1.54, 1.807) is 0 Å². The van der Waals surface area contributed by atoms with Crippen molar-refractivity contribution in [1.29, 1.82) is 0 Å². The highest BCUT2D eigenvalue weighted by atomic mass is 19.4. The minimum Gasteiger partial charge on any atom is -0.290 e. The number of alkyl halides is 9. The molecule has 0 radical (unpaired) electrons. The molecule has 1 fully saturated rings. The molecule has 1 saturated heterocycles. The van der Waals surface area contributed by atoms with Crippen molar-refractivity contribution in [1.82, 2.24) is 0 Å². The Hall–Kier alpha value is -1.18. The van der Waals surface area contributed by atoms with Crippen molar-refractivity contribution in [3.8, 4) is 0 Å². The van der Waals surface area contributed by atoms with Gasteiger partial charge in [-0.1, -0.05) is 0 Å². The van der Waals surface area contributed by atoms with Crippen LogP contribution in [-0.4, -0.2) is 36.5 Å². The summed E-state index contributed by atoms with van der Waals surface area (Å²) in [5, 5.41) is 0. The van der Waals surface area contributed by atoms with E-state index in [9.17, 15) is 52.7 Å². The van der Waals surface area contributed by atoms with Crippen LogP contribution in [0.25, 0.3) is 0 Å². The van der Waals surface area contributed by atoms with Crippen LogP contribution in [0.1, 0.15) is 0 Å². The summed E-state index contributed by atoms with van der Waals surface area (Å²) >= 11 is 0. The van der Waals surface area contributed by atoms with Crippen molar-refractivity contribution in [3.63, 3.8) is 0 Å². The highest BCUT2D eigenvalue weighted by Gasteiger charge is 2.87. The van der Waals surface area contributed by atoms with Gasteiger partial charge in [0.15, 0.2) is 6.67 Å². The van der Waals surface area contributed by atoms with Gasteiger partial charge in [-0.3, -0.25) is 9.47 Å². The summed E-state index contributed by atoms with van der Waals surface area (Å²) in [4.78, 5) is 0. The van der Waals surface area contributed by atoms with E-state index in [2.05, 4.69) is 9.47 Å². The highest BCUT2D eigenvalue weighted by Crippen LogP contribution is 2.60. The van der Waals surface area contributed by atoms with Crippen LogP contribution in [-0.2, 0) is 9.47 Å². The molecule has 0 saturated carbocycles. The van der Waals surface area contributed by atoms with Gasteiger partial charge in [0.2, 0.25) is 5.83 Å². The molecule has 0 bridgehead atoms. The first-order chi connectivity index (χ1) is 9.58. The van der Waals surface area contributed by atoms with Gasteiger partial charge in [0.05, 0.1) is 0 Å². The minimum absolute atomic E-state index is 2.39. The van der Waals surface area contributed by atoms with Gasteiger partial charge in [0.25, 0.3) is 0 Å². The fraction of sp³-hybridized carbons (Fsp3) is 0.750. The molecule has 1 heterocycles. The molecule has 1 aliphatic rings. The maximum atomic E-state index is 13.2. The molecule has 1 rings (SSSR count). The molecule has 0 amide bonds. The van der Waals surface area contributed by atoms with Crippen LogP contribution < -0.4 is 0 Å². The first-order valence-electron chi connectivity index (χ1n) is 4.77. The lowest BCUT2D eigenvalue weighted by atomic mass is 10.1. The van der Waals surface area contributed by atoms with Gasteiger partial charge >= 0.3 is 35.9 Å². The zero-order chi connectivity index (χ0) is 17.8. The molecular formula is C8H2F12O2. The Morgan fingerprint density at radius 2 is 1.32 bits per heavy atom. The molecule has 22 heavy (non-hydrogen) atoms. The molecule has 14 heteroatoms. The summed E-state index contributed by atoms with van der Waals surface area (Å²) in [5.41, 5.74) is 0. The molecule has 2 nitrogen and oxygen atoms in total. The molecule has 130 valence electrons. The standard InChI is InChI=1S/C8H2F12O2/c9-1-4(13)8(19,20)22-6(21-4,7(16,17)18)5(14,15)2(10)3(11)12/h1H2. The van der Waals surface area contributed by atoms with Gasteiger partial charge in [0, 0.05) is 0 Å². The second kappa shape index (κ2) is 4.91. The summed E-state index contributed by atoms with van der Waals surface area (Å²) in [6.07, 6.45) is -16.9. The average Bonchev–Trinajstić information content (AvgIpc) is 2.57. The van der Waals surface area contributed by atoms with Crippen molar-refractivity contribution in [2.75, 3.05) is 6.67 Å². The maximum absolute atomic E-state index is 13.2. The van der Waals surface area contributed by atoms with E-state index in [0.717, 1.165) is 0 Å². The smallest absolute Gasteiger partial charge is 0.290 e. The van der Waals surface area contributed by atoms with Crippen molar-refractivity contribution in [2.24, 2.45) is 0 Å². The van der Waals surface area contributed by atoms with E-state index < -0.39 is 48.4 Å². The summed E-state index contributed by atoms with van der Waals surface area (Å²) < 4.78 is 157. The van der Waals surface area contributed by atoms with E-state index in [1.807, 2.05) is 0 Å². The largest absolute Gasteiger partial charge is 0.450 e. The highest BCUT2D eigenvalue weighted by molar-refractivity contribution is 5.16. The Morgan fingerprint density at radius 1 is 0.864 bits per heavy atom. The topological polar surface area (TPSA) is 18.5 Å². The van der Waals surface area contributed by atoms with Gasteiger partial charge in [0.1, 0.15) is 0 Å². The quantitative estimate of drug-likeness (QED) is 0.703. The van der Waals surface area contributed by atoms with Crippen LogP contribution in [0.2, 0.25) is 0 Å². The summed E-state index contributed by atoms with van der Waals surface area (Å²) in [5.74, 6) is -22.4. The minimum atomic E-state index is -6.85. The lowest BCUT2D eigenvalue weighted by molar-refractivity contribution is -0.432. The second-order valence-electron chi connectivity index (χ2n) is 3.85. The molecule has 0 aromatic rings. The number of hydrogen-bond donors (Lipinski definition) is 0. The van der Waals surface area contributed by atoms with Gasteiger partial charge in [-0.2, -0.15) is 48.3 Å². The third-order valence-corrected chi connectivity index (χ3v) is 2.41. The number of ether oxygens (including phenoxy) is 2. The van der Waals surface area contributed by atoms with Crippen molar-refractivity contribution in [2.45, 2.75) is 29.8 Å². The Kier molecular flexibility index (Phi) is 4.21. The SMILES string of the molecule is FCC1(F)OC(C(F)(F)F)(C(F)(F)C(F)=C(F)F)OC1(F)F. The summed E-state index contributed by atoms with van der Waals surface area (Å²) in [6.45, 7) is -3.13.